The minimum atomic E-state index is -4.06. The lowest BCUT2D eigenvalue weighted by Crippen LogP contribution is -2.16. The van der Waals surface area contributed by atoms with Gasteiger partial charge in [-0.3, -0.25) is 4.79 Å². The van der Waals surface area contributed by atoms with Crippen LogP contribution in [-0.2, 0) is 14.6 Å². The first kappa shape index (κ1) is 10.6. The Hall–Kier alpha value is -1.43. The summed E-state index contributed by atoms with van der Waals surface area (Å²) in [7, 11) is -4.06. The number of halogens is 1. The second kappa shape index (κ2) is 3.75. The average Bonchev–Trinajstić information content (AvgIpc) is 2.02. The van der Waals surface area contributed by atoms with Gasteiger partial charge in [0.05, 0.1) is 0 Å². The lowest BCUT2D eigenvalue weighted by atomic mass is 10.3. The molecule has 0 spiro atoms. The maximum Gasteiger partial charge on any atom is 0.319 e. The van der Waals surface area contributed by atoms with Crippen LogP contribution in [0.25, 0.3) is 0 Å². The Labute approximate surface area is 79.9 Å². The van der Waals surface area contributed by atoms with Crippen molar-refractivity contribution >= 4 is 15.8 Å². The van der Waals surface area contributed by atoms with Crippen molar-refractivity contribution in [2.75, 3.05) is 5.75 Å². The van der Waals surface area contributed by atoms with Gasteiger partial charge in [-0.2, -0.15) is 0 Å². The Balaban J connectivity index is 3.17. The summed E-state index contributed by atoms with van der Waals surface area (Å²) in [5.41, 5.74) is 0. The van der Waals surface area contributed by atoms with E-state index in [9.17, 15) is 17.6 Å². The van der Waals surface area contributed by atoms with E-state index < -0.39 is 32.3 Å². The lowest BCUT2D eigenvalue weighted by Gasteiger charge is -2.01. The van der Waals surface area contributed by atoms with Gasteiger partial charge in [0.2, 0.25) is 0 Å². The first-order chi connectivity index (χ1) is 6.43. The molecule has 0 saturated carbocycles. The number of carbonyl (C=O) groups is 1. The molecule has 0 aliphatic heterocycles. The zero-order chi connectivity index (χ0) is 10.8. The molecule has 0 aliphatic rings. The van der Waals surface area contributed by atoms with E-state index >= 15 is 0 Å². The van der Waals surface area contributed by atoms with Crippen molar-refractivity contribution in [1.82, 2.24) is 0 Å². The van der Waals surface area contributed by atoms with E-state index in [1.807, 2.05) is 0 Å². The van der Waals surface area contributed by atoms with Crippen molar-refractivity contribution in [3.63, 3.8) is 0 Å². The summed E-state index contributed by atoms with van der Waals surface area (Å²) in [5.74, 6) is -3.55. The van der Waals surface area contributed by atoms with Gasteiger partial charge in [0.15, 0.2) is 15.6 Å². The first-order valence-corrected chi connectivity index (χ1v) is 5.28. The Kier molecular flexibility index (Phi) is 2.85. The molecule has 0 unspecified atom stereocenters. The second-order valence-corrected chi connectivity index (χ2v) is 4.54. The fourth-order valence-electron chi connectivity index (χ4n) is 0.937. The number of carboxylic acid groups (broad SMARTS) is 1. The van der Waals surface area contributed by atoms with E-state index in [4.69, 9.17) is 5.11 Å². The third-order valence-electron chi connectivity index (χ3n) is 1.49. The number of rotatable bonds is 3. The van der Waals surface area contributed by atoms with E-state index in [1.54, 1.807) is 0 Å². The Bertz CT molecular complexity index is 452. The van der Waals surface area contributed by atoms with Crippen LogP contribution in [0.1, 0.15) is 0 Å². The molecule has 1 aromatic carbocycles. The summed E-state index contributed by atoms with van der Waals surface area (Å²) in [5, 5.41) is 8.30. The molecule has 0 bridgehead atoms. The van der Waals surface area contributed by atoms with Gasteiger partial charge >= 0.3 is 5.97 Å². The molecule has 0 amide bonds. The summed E-state index contributed by atoms with van der Waals surface area (Å²) < 4.78 is 35.4. The summed E-state index contributed by atoms with van der Waals surface area (Å²) >= 11 is 0. The van der Waals surface area contributed by atoms with Gasteiger partial charge in [-0.05, 0) is 12.1 Å². The molecular weight excluding hydrogens is 211 g/mol. The molecule has 1 rings (SSSR count). The van der Waals surface area contributed by atoms with Crippen LogP contribution in [0.2, 0.25) is 0 Å². The molecule has 0 saturated heterocycles. The van der Waals surface area contributed by atoms with Crippen molar-refractivity contribution in [3.05, 3.63) is 30.1 Å². The smallest absolute Gasteiger partial charge is 0.319 e. The molecule has 0 atom stereocenters. The summed E-state index contributed by atoms with van der Waals surface area (Å²) in [6, 6.07) is 4.66. The zero-order valence-corrected chi connectivity index (χ0v) is 7.79. The monoisotopic (exact) mass is 218 g/mol. The minimum Gasteiger partial charge on any atom is -0.480 e. The molecular formula is C8H7FO4S. The third-order valence-corrected chi connectivity index (χ3v) is 3.11. The van der Waals surface area contributed by atoms with E-state index in [0.29, 0.717) is 0 Å². The Morgan fingerprint density at radius 3 is 2.43 bits per heavy atom. The van der Waals surface area contributed by atoms with Gasteiger partial charge in [0, 0.05) is 0 Å². The van der Waals surface area contributed by atoms with Gasteiger partial charge < -0.3 is 5.11 Å². The molecule has 6 heteroatoms. The number of sulfone groups is 1. The van der Waals surface area contributed by atoms with Crippen LogP contribution in [-0.4, -0.2) is 25.2 Å². The number of aliphatic carboxylic acids is 1. The molecule has 0 aliphatic carbocycles. The molecule has 0 aromatic heterocycles. The van der Waals surface area contributed by atoms with Crippen LogP contribution in [0.15, 0.2) is 29.2 Å². The molecule has 0 fully saturated rings. The van der Waals surface area contributed by atoms with Crippen molar-refractivity contribution in [1.29, 1.82) is 0 Å². The standard InChI is InChI=1S/C8H7FO4S/c9-6-3-1-2-4-7(6)14(12,13)5-8(10)11/h1-4H,5H2,(H,10,11). The number of benzene rings is 1. The molecule has 0 radical (unpaired) electrons. The predicted octanol–water partition coefficient (Wildman–Crippen LogP) is 0.684. The zero-order valence-electron chi connectivity index (χ0n) is 6.97. The normalized spacial score (nSPS) is 11.2. The summed E-state index contributed by atoms with van der Waals surface area (Å²) in [6.07, 6.45) is 0. The second-order valence-electron chi connectivity index (χ2n) is 2.58. The summed E-state index contributed by atoms with van der Waals surface area (Å²) in [4.78, 5) is 9.62. The molecule has 1 aromatic rings. The fraction of sp³-hybridized carbons (Fsp3) is 0.125. The number of hydrogen-bond acceptors (Lipinski definition) is 3. The summed E-state index contributed by atoms with van der Waals surface area (Å²) in [6.45, 7) is 0. The van der Waals surface area contributed by atoms with Crippen molar-refractivity contribution in [2.45, 2.75) is 4.90 Å². The average molecular weight is 218 g/mol. The van der Waals surface area contributed by atoms with Crippen molar-refractivity contribution in [3.8, 4) is 0 Å². The van der Waals surface area contributed by atoms with Crippen LogP contribution in [0.3, 0.4) is 0 Å². The molecule has 1 N–H and O–H groups in total. The van der Waals surface area contributed by atoms with E-state index in [-0.39, 0.29) is 0 Å². The van der Waals surface area contributed by atoms with E-state index in [0.717, 1.165) is 12.1 Å². The van der Waals surface area contributed by atoms with Crippen molar-refractivity contribution in [2.24, 2.45) is 0 Å². The largest absolute Gasteiger partial charge is 0.480 e. The maximum atomic E-state index is 13.0. The van der Waals surface area contributed by atoms with Gasteiger partial charge in [-0.1, -0.05) is 12.1 Å². The number of carboxylic acids is 1. The third kappa shape index (κ3) is 2.29. The molecule has 4 nitrogen and oxygen atoms in total. The van der Waals surface area contributed by atoms with E-state index in [1.165, 1.54) is 12.1 Å². The molecule has 76 valence electrons. The topological polar surface area (TPSA) is 71.4 Å². The van der Waals surface area contributed by atoms with Crippen LogP contribution in [0.5, 0.6) is 0 Å². The minimum absolute atomic E-state index is 0.581. The van der Waals surface area contributed by atoms with E-state index in [2.05, 4.69) is 0 Å². The van der Waals surface area contributed by atoms with Crippen LogP contribution in [0.4, 0.5) is 4.39 Å². The van der Waals surface area contributed by atoms with Gasteiger partial charge in [0.25, 0.3) is 0 Å². The Morgan fingerprint density at radius 2 is 1.93 bits per heavy atom. The number of hydrogen-bond donors (Lipinski definition) is 1. The van der Waals surface area contributed by atoms with Crippen LogP contribution >= 0.6 is 0 Å². The van der Waals surface area contributed by atoms with Gasteiger partial charge in [0.1, 0.15) is 10.7 Å². The van der Waals surface area contributed by atoms with Gasteiger partial charge in [-0.25, -0.2) is 12.8 Å². The predicted molar refractivity (Wildman–Crippen MR) is 46.1 cm³/mol. The van der Waals surface area contributed by atoms with Gasteiger partial charge in [-0.15, -0.1) is 0 Å². The highest BCUT2D eigenvalue weighted by Crippen LogP contribution is 2.14. The molecule has 0 heterocycles. The lowest BCUT2D eigenvalue weighted by molar-refractivity contribution is -0.134. The van der Waals surface area contributed by atoms with Crippen molar-refractivity contribution < 1.29 is 22.7 Å². The fourth-order valence-corrected chi connectivity index (χ4v) is 2.07. The SMILES string of the molecule is O=C(O)CS(=O)(=O)c1ccccc1F. The molecule has 14 heavy (non-hydrogen) atoms. The van der Waals surface area contributed by atoms with Crippen LogP contribution < -0.4 is 0 Å². The highest BCUT2D eigenvalue weighted by Gasteiger charge is 2.21. The highest BCUT2D eigenvalue weighted by atomic mass is 32.2. The Morgan fingerprint density at radius 1 is 1.36 bits per heavy atom. The quantitative estimate of drug-likeness (QED) is 0.809. The maximum absolute atomic E-state index is 13.0. The highest BCUT2D eigenvalue weighted by molar-refractivity contribution is 7.92. The van der Waals surface area contributed by atoms with Crippen LogP contribution in [0, 0.1) is 5.82 Å². The first-order valence-electron chi connectivity index (χ1n) is 3.62.